The highest BCUT2D eigenvalue weighted by molar-refractivity contribution is 7.89. The van der Waals surface area contributed by atoms with Gasteiger partial charge in [-0.2, -0.15) is 0 Å². The van der Waals surface area contributed by atoms with Gasteiger partial charge in [0.05, 0.1) is 6.54 Å². The third kappa shape index (κ3) is 6.75. The number of amides is 1. The molecule has 1 aliphatic heterocycles. The topological polar surface area (TPSA) is 94.6 Å². The van der Waals surface area contributed by atoms with Crippen LogP contribution in [0.4, 0.5) is 11.5 Å². The normalized spacial score (nSPS) is 15.9. The van der Waals surface area contributed by atoms with Crippen molar-refractivity contribution < 1.29 is 13.2 Å². The van der Waals surface area contributed by atoms with E-state index < -0.39 is 10.0 Å². The highest BCUT2D eigenvalue weighted by Gasteiger charge is 2.22. The molecule has 1 aromatic carbocycles. The number of nitrogens with one attached hydrogen (secondary N) is 2. The van der Waals surface area contributed by atoms with E-state index in [1.807, 2.05) is 45.9 Å². The maximum atomic E-state index is 12.5. The molecule has 0 bridgehead atoms. The predicted molar refractivity (Wildman–Crippen MR) is 132 cm³/mol. The Kier molecular flexibility index (Phi) is 8.45. The minimum Gasteiger partial charge on any atom is -0.354 e. The number of anilines is 2. The number of hydrogen-bond acceptors (Lipinski definition) is 6. The number of benzene rings is 1. The van der Waals surface area contributed by atoms with Gasteiger partial charge in [0.2, 0.25) is 15.9 Å². The fraction of sp³-hybridized carbons (Fsp3) is 0.500. The lowest BCUT2D eigenvalue weighted by atomic mass is 10.1. The van der Waals surface area contributed by atoms with Crippen molar-refractivity contribution in [2.75, 3.05) is 42.9 Å². The van der Waals surface area contributed by atoms with E-state index in [4.69, 9.17) is 0 Å². The van der Waals surface area contributed by atoms with Crippen molar-refractivity contribution in [3.63, 3.8) is 0 Å². The van der Waals surface area contributed by atoms with Gasteiger partial charge in [0, 0.05) is 44.1 Å². The first-order valence-corrected chi connectivity index (χ1v) is 13.0. The second-order valence-corrected chi connectivity index (χ2v) is 10.4. The molecule has 180 valence electrons. The number of aromatic nitrogens is 1. The Morgan fingerprint density at radius 1 is 1.12 bits per heavy atom. The monoisotopic (exact) mass is 473 g/mol. The number of carbonyl (C=O) groups is 1. The van der Waals surface area contributed by atoms with Crippen LogP contribution in [0.1, 0.15) is 37.8 Å². The van der Waals surface area contributed by atoms with Gasteiger partial charge in [0.25, 0.3) is 0 Å². The van der Waals surface area contributed by atoms with Gasteiger partial charge in [-0.3, -0.25) is 9.69 Å². The van der Waals surface area contributed by atoms with Crippen LogP contribution >= 0.6 is 0 Å². The smallest absolute Gasteiger partial charge is 0.242 e. The minimum absolute atomic E-state index is 0.0189. The Hall–Kier alpha value is -2.49. The van der Waals surface area contributed by atoms with Crippen molar-refractivity contribution in [3.8, 4) is 0 Å². The summed E-state index contributed by atoms with van der Waals surface area (Å²) in [6.07, 6.45) is 3.12. The summed E-state index contributed by atoms with van der Waals surface area (Å²) in [5, 5.41) is 3.01. The van der Waals surface area contributed by atoms with Crippen LogP contribution in [0.15, 0.2) is 41.4 Å². The van der Waals surface area contributed by atoms with E-state index in [0.717, 1.165) is 61.7 Å². The highest BCUT2D eigenvalue weighted by Crippen LogP contribution is 2.19. The molecule has 33 heavy (non-hydrogen) atoms. The van der Waals surface area contributed by atoms with E-state index in [2.05, 4.69) is 24.8 Å². The van der Waals surface area contributed by atoms with Gasteiger partial charge in [0.15, 0.2) is 0 Å². The van der Waals surface area contributed by atoms with Gasteiger partial charge < -0.3 is 10.2 Å². The van der Waals surface area contributed by atoms with Crippen LogP contribution in [0.3, 0.4) is 0 Å². The van der Waals surface area contributed by atoms with E-state index in [-0.39, 0.29) is 16.8 Å². The third-order valence-corrected chi connectivity index (χ3v) is 7.63. The Bertz CT molecular complexity index is 1050. The van der Waals surface area contributed by atoms with Gasteiger partial charge in [-0.05, 0) is 56.5 Å². The molecule has 1 fully saturated rings. The quantitative estimate of drug-likeness (QED) is 0.582. The maximum absolute atomic E-state index is 12.5. The van der Waals surface area contributed by atoms with Gasteiger partial charge >= 0.3 is 0 Å². The lowest BCUT2D eigenvalue weighted by Gasteiger charge is -2.35. The van der Waals surface area contributed by atoms with E-state index >= 15 is 0 Å². The summed E-state index contributed by atoms with van der Waals surface area (Å²) in [7, 11) is -3.57. The van der Waals surface area contributed by atoms with Crippen LogP contribution in [-0.4, -0.2) is 63.0 Å². The summed E-state index contributed by atoms with van der Waals surface area (Å²) in [5.41, 5.74) is 3.10. The number of rotatable bonds is 9. The van der Waals surface area contributed by atoms with Crippen LogP contribution in [0, 0.1) is 13.8 Å². The summed E-state index contributed by atoms with van der Waals surface area (Å²) in [4.78, 5) is 21.3. The number of aryl methyl sites for hydroxylation is 1. The molecule has 0 unspecified atom stereocenters. The lowest BCUT2D eigenvalue weighted by Crippen LogP contribution is -2.49. The molecule has 0 aliphatic carbocycles. The van der Waals surface area contributed by atoms with Gasteiger partial charge in [0.1, 0.15) is 10.7 Å². The van der Waals surface area contributed by atoms with Gasteiger partial charge in [-0.1, -0.05) is 25.5 Å². The number of carbonyl (C=O) groups excluding carboxylic acids is 1. The van der Waals surface area contributed by atoms with Crippen molar-refractivity contribution in [3.05, 3.63) is 47.7 Å². The van der Waals surface area contributed by atoms with Crippen LogP contribution in [0.25, 0.3) is 0 Å². The molecule has 1 aromatic heterocycles. The molecule has 2 aromatic rings. The Morgan fingerprint density at radius 3 is 2.48 bits per heavy atom. The lowest BCUT2D eigenvalue weighted by molar-refractivity contribution is -0.117. The fourth-order valence-electron chi connectivity index (χ4n) is 3.96. The van der Waals surface area contributed by atoms with Crippen LogP contribution in [0.2, 0.25) is 0 Å². The molecule has 1 atom stereocenters. The van der Waals surface area contributed by atoms with Crippen molar-refractivity contribution in [1.29, 1.82) is 0 Å². The van der Waals surface area contributed by atoms with E-state index in [1.54, 1.807) is 12.1 Å². The number of sulfonamides is 1. The second kappa shape index (κ2) is 11.1. The van der Waals surface area contributed by atoms with E-state index in [9.17, 15) is 13.2 Å². The standard InChI is InChI=1S/C24H35N5O3S/c1-5-7-19(3)27-33(31,32)21-10-11-23(25-16-21)29-14-12-28(13-15-29)17-24(30)26-22-9-6-8-18(2)20(22)4/h6,8-11,16,19,27H,5,7,12-15,17H2,1-4H3,(H,26,30)/t19-/m0/s1. The van der Waals surface area contributed by atoms with Crippen molar-refractivity contribution in [1.82, 2.24) is 14.6 Å². The predicted octanol–water partition coefficient (Wildman–Crippen LogP) is 2.93. The van der Waals surface area contributed by atoms with Crippen LogP contribution in [-0.2, 0) is 14.8 Å². The van der Waals surface area contributed by atoms with Gasteiger partial charge in [-0.15, -0.1) is 0 Å². The van der Waals surface area contributed by atoms with Crippen LogP contribution < -0.4 is 14.9 Å². The van der Waals surface area contributed by atoms with Crippen molar-refractivity contribution >= 4 is 27.4 Å². The molecule has 1 aliphatic rings. The molecular weight excluding hydrogens is 438 g/mol. The third-order valence-electron chi connectivity index (χ3n) is 6.05. The average Bonchev–Trinajstić information content (AvgIpc) is 2.77. The summed E-state index contributed by atoms with van der Waals surface area (Å²) >= 11 is 0. The molecule has 2 N–H and O–H groups in total. The van der Waals surface area contributed by atoms with Crippen molar-refractivity contribution in [2.24, 2.45) is 0 Å². The Morgan fingerprint density at radius 2 is 1.85 bits per heavy atom. The Balaban J connectivity index is 1.51. The van der Waals surface area contributed by atoms with Crippen LogP contribution in [0.5, 0.6) is 0 Å². The molecule has 3 rings (SSSR count). The zero-order chi connectivity index (χ0) is 24.0. The fourth-order valence-corrected chi connectivity index (χ4v) is 5.18. The molecular formula is C24H35N5O3S. The number of piperazine rings is 1. The molecule has 9 heteroatoms. The summed E-state index contributed by atoms with van der Waals surface area (Å²) in [6, 6.07) is 9.15. The molecule has 1 amide bonds. The molecule has 2 heterocycles. The second-order valence-electron chi connectivity index (χ2n) is 8.72. The highest BCUT2D eigenvalue weighted by atomic mass is 32.2. The molecule has 0 spiro atoms. The first-order chi connectivity index (χ1) is 15.7. The Labute approximate surface area is 197 Å². The molecule has 0 radical (unpaired) electrons. The number of hydrogen-bond donors (Lipinski definition) is 2. The van der Waals surface area contributed by atoms with E-state index in [1.165, 1.54) is 6.20 Å². The minimum atomic E-state index is -3.57. The average molecular weight is 474 g/mol. The number of nitrogens with zero attached hydrogens (tertiary/aromatic N) is 3. The molecule has 0 saturated carbocycles. The first kappa shape index (κ1) is 25.1. The summed E-state index contributed by atoms with van der Waals surface area (Å²) in [5.74, 6) is 0.727. The van der Waals surface area contributed by atoms with Gasteiger partial charge in [-0.25, -0.2) is 18.1 Å². The maximum Gasteiger partial charge on any atom is 0.242 e. The first-order valence-electron chi connectivity index (χ1n) is 11.5. The summed E-state index contributed by atoms with van der Waals surface area (Å²) < 4.78 is 27.7. The van der Waals surface area contributed by atoms with Crippen molar-refractivity contribution in [2.45, 2.75) is 51.5 Å². The summed E-state index contributed by atoms with van der Waals surface area (Å²) in [6.45, 7) is 11.2. The molecule has 8 nitrogen and oxygen atoms in total. The largest absolute Gasteiger partial charge is 0.354 e. The zero-order valence-electron chi connectivity index (χ0n) is 20.0. The van der Waals surface area contributed by atoms with E-state index in [0.29, 0.717) is 6.54 Å². The zero-order valence-corrected chi connectivity index (χ0v) is 20.8. The molecule has 1 saturated heterocycles. The number of pyridine rings is 1. The SMILES string of the molecule is CCC[C@H](C)NS(=O)(=O)c1ccc(N2CCN(CC(=O)Nc3cccc(C)c3C)CC2)nc1.